The molecule has 0 aliphatic heterocycles. The standard InChI is InChI=1S/C16H16BrIN4/c1-11(2-3-12-4-6-13(18)7-5-12)20-15-8-9-22-16(21-15)14(17)10-19-22/h4-11H,2-3H2,1H3,(H,20,21). The Kier molecular flexibility index (Phi) is 4.97. The zero-order chi connectivity index (χ0) is 15.5. The average Bonchev–Trinajstić information content (AvgIpc) is 2.88. The maximum absolute atomic E-state index is 4.58. The van der Waals surface area contributed by atoms with Gasteiger partial charge in [-0.1, -0.05) is 12.1 Å². The van der Waals surface area contributed by atoms with Crippen LogP contribution in [0.25, 0.3) is 5.65 Å². The Hall–Kier alpha value is -1.15. The lowest BCUT2D eigenvalue weighted by Crippen LogP contribution is -2.17. The lowest BCUT2D eigenvalue weighted by atomic mass is 10.1. The molecule has 2 aromatic heterocycles. The Morgan fingerprint density at radius 3 is 2.82 bits per heavy atom. The van der Waals surface area contributed by atoms with Crippen LogP contribution in [0, 0.1) is 3.57 Å². The number of nitrogens with one attached hydrogen (secondary N) is 1. The van der Waals surface area contributed by atoms with Gasteiger partial charge in [0.05, 0.1) is 10.7 Å². The van der Waals surface area contributed by atoms with Gasteiger partial charge in [0.15, 0.2) is 5.65 Å². The fourth-order valence-corrected chi connectivity index (χ4v) is 3.00. The van der Waals surface area contributed by atoms with Gasteiger partial charge in [0, 0.05) is 15.8 Å². The minimum Gasteiger partial charge on any atom is -0.367 e. The highest BCUT2D eigenvalue weighted by Crippen LogP contribution is 2.18. The van der Waals surface area contributed by atoms with Gasteiger partial charge in [0.1, 0.15) is 5.82 Å². The van der Waals surface area contributed by atoms with E-state index in [0.29, 0.717) is 6.04 Å². The van der Waals surface area contributed by atoms with Gasteiger partial charge in [-0.2, -0.15) is 5.10 Å². The normalized spacial score (nSPS) is 12.5. The maximum Gasteiger partial charge on any atom is 0.171 e. The molecular formula is C16H16BrIN4. The monoisotopic (exact) mass is 470 g/mol. The van der Waals surface area contributed by atoms with Crippen molar-refractivity contribution in [2.24, 2.45) is 0 Å². The Morgan fingerprint density at radius 2 is 2.05 bits per heavy atom. The number of anilines is 1. The van der Waals surface area contributed by atoms with Gasteiger partial charge < -0.3 is 5.32 Å². The molecule has 1 N–H and O–H groups in total. The van der Waals surface area contributed by atoms with Gasteiger partial charge in [-0.15, -0.1) is 0 Å². The lowest BCUT2D eigenvalue weighted by molar-refractivity contribution is 0.702. The van der Waals surface area contributed by atoms with Crippen LogP contribution >= 0.6 is 38.5 Å². The van der Waals surface area contributed by atoms with Crippen molar-refractivity contribution < 1.29 is 0 Å². The molecule has 6 heteroatoms. The van der Waals surface area contributed by atoms with E-state index in [9.17, 15) is 0 Å². The summed E-state index contributed by atoms with van der Waals surface area (Å²) in [5.41, 5.74) is 2.20. The van der Waals surface area contributed by atoms with Crippen molar-refractivity contribution in [3.8, 4) is 0 Å². The molecule has 0 saturated heterocycles. The second-order valence-electron chi connectivity index (χ2n) is 5.28. The molecule has 114 valence electrons. The molecule has 0 spiro atoms. The van der Waals surface area contributed by atoms with E-state index in [0.717, 1.165) is 28.8 Å². The van der Waals surface area contributed by atoms with Gasteiger partial charge in [0.2, 0.25) is 0 Å². The lowest BCUT2D eigenvalue weighted by Gasteiger charge is -2.14. The molecule has 22 heavy (non-hydrogen) atoms. The third kappa shape index (κ3) is 3.78. The molecule has 1 unspecified atom stereocenters. The molecule has 0 fully saturated rings. The first-order valence-electron chi connectivity index (χ1n) is 7.13. The van der Waals surface area contributed by atoms with Crippen LogP contribution in [-0.2, 0) is 6.42 Å². The van der Waals surface area contributed by atoms with Crippen LogP contribution in [0.3, 0.4) is 0 Å². The van der Waals surface area contributed by atoms with Gasteiger partial charge >= 0.3 is 0 Å². The highest BCUT2D eigenvalue weighted by Gasteiger charge is 2.07. The Balaban J connectivity index is 1.61. The molecule has 3 aromatic rings. The summed E-state index contributed by atoms with van der Waals surface area (Å²) < 4.78 is 3.94. The second kappa shape index (κ2) is 6.95. The predicted octanol–water partition coefficient (Wildman–Crippen LogP) is 4.53. The average molecular weight is 471 g/mol. The number of aryl methyl sites for hydroxylation is 1. The quantitative estimate of drug-likeness (QED) is 0.557. The van der Waals surface area contributed by atoms with Crippen LogP contribution < -0.4 is 5.32 Å². The highest BCUT2D eigenvalue weighted by molar-refractivity contribution is 14.1. The summed E-state index contributed by atoms with van der Waals surface area (Å²) in [6.45, 7) is 2.18. The van der Waals surface area contributed by atoms with Crippen LogP contribution in [0.1, 0.15) is 18.9 Å². The number of aromatic nitrogens is 3. The molecule has 0 radical (unpaired) electrons. The van der Waals surface area contributed by atoms with E-state index in [4.69, 9.17) is 0 Å². The zero-order valence-corrected chi connectivity index (χ0v) is 15.9. The minimum absolute atomic E-state index is 0.357. The van der Waals surface area contributed by atoms with Gasteiger partial charge in [-0.25, -0.2) is 9.50 Å². The smallest absolute Gasteiger partial charge is 0.171 e. The largest absolute Gasteiger partial charge is 0.367 e. The predicted molar refractivity (Wildman–Crippen MR) is 101 cm³/mol. The number of nitrogens with zero attached hydrogens (tertiary/aromatic N) is 3. The van der Waals surface area contributed by atoms with Gasteiger partial charge in [-0.3, -0.25) is 0 Å². The molecule has 3 rings (SSSR count). The van der Waals surface area contributed by atoms with Crippen LogP contribution in [0.15, 0.2) is 47.2 Å². The van der Waals surface area contributed by atoms with Crippen molar-refractivity contribution >= 4 is 50.0 Å². The van der Waals surface area contributed by atoms with E-state index < -0.39 is 0 Å². The summed E-state index contributed by atoms with van der Waals surface area (Å²) in [6, 6.07) is 11.0. The molecule has 1 atom stereocenters. The molecular weight excluding hydrogens is 455 g/mol. The number of hydrogen-bond donors (Lipinski definition) is 1. The maximum atomic E-state index is 4.58. The number of fused-ring (bicyclic) bond motifs is 1. The van der Waals surface area contributed by atoms with E-state index in [1.54, 1.807) is 10.7 Å². The SMILES string of the molecule is CC(CCc1ccc(I)cc1)Nc1ccn2ncc(Br)c2n1. The summed E-state index contributed by atoms with van der Waals surface area (Å²) in [5, 5.41) is 7.66. The highest BCUT2D eigenvalue weighted by atomic mass is 127. The fourth-order valence-electron chi connectivity index (χ4n) is 2.28. The number of hydrogen-bond acceptors (Lipinski definition) is 3. The summed E-state index contributed by atoms with van der Waals surface area (Å²) in [7, 11) is 0. The summed E-state index contributed by atoms with van der Waals surface area (Å²) in [6.07, 6.45) is 5.80. The van der Waals surface area contributed by atoms with E-state index in [-0.39, 0.29) is 0 Å². The molecule has 4 nitrogen and oxygen atoms in total. The molecule has 0 amide bonds. The first kappa shape index (κ1) is 15.7. The number of rotatable bonds is 5. The Labute approximate surface area is 151 Å². The van der Waals surface area contributed by atoms with Gasteiger partial charge in [-0.05, 0) is 82.0 Å². The molecule has 0 saturated carbocycles. The summed E-state index contributed by atoms with van der Waals surface area (Å²) in [5.74, 6) is 0.879. The van der Waals surface area contributed by atoms with E-state index >= 15 is 0 Å². The number of benzene rings is 1. The zero-order valence-electron chi connectivity index (χ0n) is 12.1. The van der Waals surface area contributed by atoms with E-state index in [1.807, 2.05) is 12.3 Å². The van der Waals surface area contributed by atoms with Gasteiger partial charge in [0.25, 0.3) is 0 Å². The third-order valence-electron chi connectivity index (χ3n) is 3.50. The Bertz CT molecular complexity index is 769. The fraction of sp³-hybridized carbons (Fsp3) is 0.250. The summed E-state index contributed by atoms with van der Waals surface area (Å²) >= 11 is 5.79. The van der Waals surface area contributed by atoms with E-state index in [2.05, 4.69) is 85.1 Å². The second-order valence-corrected chi connectivity index (χ2v) is 7.38. The van der Waals surface area contributed by atoms with Crippen molar-refractivity contribution in [3.05, 3.63) is 56.3 Å². The van der Waals surface area contributed by atoms with Crippen molar-refractivity contribution in [2.45, 2.75) is 25.8 Å². The third-order valence-corrected chi connectivity index (χ3v) is 4.78. The van der Waals surface area contributed by atoms with Crippen molar-refractivity contribution in [1.29, 1.82) is 0 Å². The van der Waals surface area contributed by atoms with Crippen molar-refractivity contribution in [3.63, 3.8) is 0 Å². The summed E-state index contributed by atoms with van der Waals surface area (Å²) in [4.78, 5) is 4.58. The first-order valence-corrected chi connectivity index (χ1v) is 9.00. The minimum atomic E-state index is 0.357. The molecule has 2 heterocycles. The number of halogens is 2. The van der Waals surface area contributed by atoms with Crippen LogP contribution in [0.4, 0.5) is 5.82 Å². The molecule has 1 aromatic carbocycles. The Morgan fingerprint density at radius 1 is 1.27 bits per heavy atom. The molecule has 0 aliphatic carbocycles. The molecule has 0 bridgehead atoms. The van der Waals surface area contributed by atoms with Crippen LogP contribution in [-0.4, -0.2) is 20.6 Å². The topological polar surface area (TPSA) is 42.2 Å². The van der Waals surface area contributed by atoms with Crippen molar-refractivity contribution in [1.82, 2.24) is 14.6 Å². The van der Waals surface area contributed by atoms with E-state index in [1.165, 1.54) is 9.13 Å². The van der Waals surface area contributed by atoms with Crippen molar-refractivity contribution in [2.75, 3.05) is 5.32 Å². The first-order chi connectivity index (χ1) is 10.6. The van der Waals surface area contributed by atoms with Crippen LogP contribution in [0.2, 0.25) is 0 Å². The van der Waals surface area contributed by atoms with Crippen LogP contribution in [0.5, 0.6) is 0 Å². The molecule has 0 aliphatic rings.